The minimum Gasteiger partial charge on any atom is -0.391 e. The minimum atomic E-state index is -0.437. The molecule has 2 aromatic rings. The number of nitrogens with zero attached hydrogens (tertiary/aromatic N) is 4. The summed E-state index contributed by atoms with van der Waals surface area (Å²) in [6.07, 6.45) is 5.62. The van der Waals surface area contributed by atoms with Crippen LogP contribution in [0.5, 0.6) is 0 Å². The summed E-state index contributed by atoms with van der Waals surface area (Å²) in [7, 11) is 0. The molecule has 0 bridgehead atoms. The standard InChI is InChI=1S/C18H23N5O2/c1-11-14(12(2)23-18(21-11)13(9-19)10-20-23)7-8-17(25)22-15-5-3-4-6-16(15)24/h10,15-16,24H,3-8H2,1-2H3,(H,22,25). The van der Waals surface area contributed by atoms with Crippen molar-refractivity contribution in [3.63, 3.8) is 0 Å². The lowest BCUT2D eigenvalue weighted by Gasteiger charge is -2.28. The third-order valence-corrected chi connectivity index (χ3v) is 5.01. The lowest BCUT2D eigenvalue weighted by Crippen LogP contribution is -2.45. The van der Waals surface area contributed by atoms with Gasteiger partial charge in [0.1, 0.15) is 11.6 Å². The lowest BCUT2D eigenvalue weighted by atomic mass is 9.92. The van der Waals surface area contributed by atoms with Gasteiger partial charge in [-0.2, -0.15) is 10.4 Å². The molecule has 2 heterocycles. The Morgan fingerprint density at radius 1 is 1.44 bits per heavy atom. The Balaban J connectivity index is 1.70. The first kappa shape index (κ1) is 17.4. The average Bonchev–Trinajstić information content (AvgIpc) is 2.99. The van der Waals surface area contributed by atoms with Crippen LogP contribution in [0, 0.1) is 25.2 Å². The van der Waals surface area contributed by atoms with Gasteiger partial charge >= 0.3 is 0 Å². The second-order valence-electron chi connectivity index (χ2n) is 6.69. The molecule has 2 aromatic heterocycles. The smallest absolute Gasteiger partial charge is 0.220 e. The quantitative estimate of drug-likeness (QED) is 0.878. The van der Waals surface area contributed by atoms with Gasteiger partial charge in [0.25, 0.3) is 0 Å². The van der Waals surface area contributed by atoms with Gasteiger partial charge in [-0.15, -0.1) is 0 Å². The van der Waals surface area contributed by atoms with E-state index in [2.05, 4.69) is 21.5 Å². The molecule has 0 saturated heterocycles. The molecule has 2 unspecified atom stereocenters. The van der Waals surface area contributed by atoms with Crippen LogP contribution in [0.1, 0.15) is 54.6 Å². The highest BCUT2D eigenvalue weighted by Crippen LogP contribution is 2.20. The summed E-state index contributed by atoms with van der Waals surface area (Å²) < 4.78 is 1.66. The first-order valence-corrected chi connectivity index (χ1v) is 8.72. The first-order chi connectivity index (χ1) is 12.0. The zero-order valence-corrected chi connectivity index (χ0v) is 14.6. The summed E-state index contributed by atoms with van der Waals surface area (Å²) in [4.78, 5) is 16.7. The number of rotatable bonds is 4. The predicted octanol–water partition coefficient (Wildman–Crippen LogP) is 1.57. The topological polar surface area (TPSA) is 103 Å². The maximum absolute atomic E-state index is 12.3. The average molecular weight is 341 g/mol. The van der Waals surface area contributed by atoms with Crippen molar-refractivity contribution >= 4 is 11.6 Å². The molecule has 0 spiro atoms. The van der Waals surface area contributed by atoms with Crippen molar-refractivity contribution in [2.45, 2.75) is 64.5 Å². The highest BCUT2D eigenvalue weighted by Gasteiger charge is 2.24. The van der Waals surface area contributed by atoms with Gasteiger partial charge in [0.15, 0.2) is 5.65 Å². The van der Waals surface area contributed by atoms with E-state index in [1.54, 1.807) is 4.52 Å². The Labute approximate surface area is 146 Å². The van der Waals surface area contributed by atoms with E-state index < -0.39 is 6.10 Å². The molecule has 3 rings (SSSR count). The molecule has 132 valence electrons. The number of aliphatic hydroxyl groups excluding tert-OH is 1. The van der Waals surface area contributed by atoms with E-state index in [1.165, 1.54) is 6.20 Å². The Kier molecular flexibility index (Phi) is 5.00. The second kappa shape index (κ2) is 7.19. The Bertz CT molecular complexity index is 836. The SMILES string of the molecule is Cc1nc2c(C#N)cnn2c(C)c1CCC(=O)NC1CCCCC1O. The molecule has 0 aliphatic heterocycles. The summed E-state index contributed by atoms with van der Waals surface area (Å²) in [5, 5.41) is 26.3. The number of carbonyl (C=O) groups is 1. The van der Waals surface area contributed by atoms with Crippen LogP contribution in [0.4, 0.5) is 0 Å². The van der Waals surface area contributed by atoms with Gasteiger partial charge in [-0.05, 0) is 38.7 Å². The molecule has 1 aliphatic carbocycles. The maximum atomic E-state index is 12.3. The third kappa shape index (κ3) is 3.49. The van der Waals surface area contributed by atoms with Crippen LogP contribution in [0.15, 0.2) is 6.20 Å². The number of aliphatic hydroxyl groups is 1. The molecule has 0 radical (unpaired) electrons. The van der Waals surface area contributed by atoms with Crippen LogP contribution in [0.2, 0.25) is 0 Å². The van der Waals surface area contributed by atoms with Crippen LogP contribution >= 0.6 is 0 Å². The van der Waals surface area contributed by atoms with E-state index in [1.807, 2.05) is 13.8 Å². The van der Waals surface area contributed by atoms with Crippen LogP contribution < -0.4 is 5.32 Å². The number of aromatic nitrogens is 3. The van der Waals surface area contributed by atoms with Gasteiger partial charge in [0.05, 0.1) is 18.3 Å². The third-order valence-electron chi connectivity index (χ3n) is 5.01. The van der Waals surface area contributed by atoms with Crippen molar-refractivity contribution in [3.8, 4) is 6.07 Å². The summed E-state index contributed by atoms with van der Waals surface area (Å²) >= 11 is 0. The molecule has 1 amide bonds. The van der Waals surface area contributed by atoms with Crippen molar-refractivity contribution in [3.05, 3.63) is 28.7 Å². The molecule has 7 heteroatoms. The number of nitriles is 1. The van der Waals surface area contributed by atoms with Crippen molar-refractivity contribution in [1.29, 1.82) is 5.26 Å². The molecular formula is C18H23N5O2. The van der Waals surface area contributed by atoms with Crippen LogP contribution in [-0.2, 0) is 11.2 Å². The largest absolute Gasteiger partial charge is 0.391 e. The van der Waals surface area contributed by atoms with Gasteiger partial charge in [0, 0.05) is 17.8 Å². The zero-order chi connectivity index (χ0) is 18.0. The highest BCUT2D eigenvalue weighted by atomic mass is 16.3. The number of aryl methyl sites for hydroxylation is 2. The van der Waals surface area contributed by atoms with Crippen LogP contribution in [-0.4, -0.2) is 37.8 Å². The molecule has 0 aromatic carbocycles. The number of carbonyl (C=O) groups excluding carboxylic acids is 1. The van der Waals surface area contributed by atoms with Crippen molar-refractivity contribution in [1.82, 2.24) is 19.9 Å². The van der Waals surface area contributed by atoms with Crippen molar-refractivity contribution in [2.24, 2.45) is 0 Å². The van der Waals surface area contributed by atoms with Crippen LogP contribution in [0.25, 0.3) is 5.65 Å². The lowest BCUT2D eigenvalue weighted by molar-refractivity contribution is -0.123. The van der Waals surface area contributed by atoms with Crippen molar-refractivity contribution < 1.29 is 9.90 Å². The van der Waals surface area contributed by atoms with E-state index >= 15 is 0 Å². The van der Waals surface area contributed by atoms with Gasteiger partial charge in [-0.25, -0.2) is 9.50 Å². The molecular weight excluding hydrogens is 318 g/mol. The van der Waals surface area contributed by atoms with Gasteiger partial charge in [-0.3, -0.25) is 4.79 Å². The molecule has 1 fully saturated rings. The van der Waals surface area contributed by atoms with E-state index in [0.717, 1.165) is 42.6 Å². The molecule has 25 heavy (non-hydrogen) atoms. The summed E-state index contributed by atoms with van der Waals surface area (Å²) in [5.74, 6) is -0.0528. The van der Waals surface area contributed by atoms with E-state index in [9.17, 15) is 9.90 Å². The number of hydrogen-bond donors (Lipinski definition) is 2. The molecule has 2 atom stereocenters. The summed E-state index contributed by atoms with van der Waals surface area (Å²) in [6, 6.07) is 1.96. The normalized spacial score (nSPS) is 20.4. The van der Waals surface area contributed by atoms with Gasteiger partial charge in [-0.1, -0.05) is 12.8 Å². The molecule has 1 aliphatic rings. The Morgan fingerprint density at radius 3 is 2.92 bits per heavy atom. The fourth-order valence-electron chi connectivity index (χ4n) is 3.55. The second-order valence-corrected chi connectivity index (χ2v) is 6.69. The summed E-state index contributed by atoms with van der Waals surface area (Å²) in [5.41, 5.74) is 3.68. The monoisotopic (exact) mass is 341 g/mol. The fraction of sp³-hybridized carbons (Fsp3) is 0.556. The van der Waals surface area contributed by atoms with Crippen LogP contribution in [0.3, 0.4) is 0 Å². The molecule has 7 nitrogen and oxygen atoms in total. The zero-order valence-electron chi connectivity index (χ0n) is 14.6. The number of amides is 1. The number of hydrogen-bond acceptors (Lipinski definition) is 5. The first-order valence-electron chi connectivity index (χ1n) is 8.72. The van der Waals surface area contributed by atoms with Gasteiger partial charge < -0.3 is 10.4 Å². The Hall–Kier alpha value is -2.46. The Morgan fingerprint density at radius 2 is 2.20 bits per heavy atom. The van der Waals surface area contributed by atoms with E-state index in [0.29, 0.717) is 24.1 Å². The molecule has 2 N–H and O–H groups in total. The van der Waals surface area contributed by atoms with E-state index in [4.69, 9.17) is 5.26 Å². The minimum absolute atomic E-state index is 0.0528. The van der Waals surface area contributed by atoms with Crippen molar-refractivity contribution in [2.75, 3.05) is 0 Å². The number of nitrogens with one attached hydrogen (secondary N) is 1. The van der Waals surface area contributed by atoms with E-state index in [-0.39, 0.29) is 11.9 Å². The fourth-order valence-corrected chi connectivity index (χ4v) is 3.55. The summed E-state index contributed by atoms with van der Waals surface area (Å²) in [6.45, 7) is 3.81. The highest BCUT2D eigenvalue weighted by molar-refractivity contribution is 5.76. The molecule has 1 saturated carbocycles. The van der Waals surface area contributed by atoms with Gasteiger partial charge in [0.2, 0.25) is 5.91 Å². The predicted molar refractivity (Wildman–Crippen MR) is 91.9 cm³/mol. The number of fused-ring (bicyclic) bond motifs is 1. The maximum Gasteiger partial charge on any atom is 0.220 e.